The van der Waals surface area contributed by atoms with E-state index < -0.39 is 5.60 Å². The molecule has 0 N–H and O–H groups in total. The van der Waals surface area contributed by atoms with Crippen LogP contribution in [-0.4, -0.2) is 39.0 Å². The van der Waals surface area contributed by atoms with Gasteiger partial charge in [-0.25, -0.2) is 9.37 Å². The minimum atomic E-state index is -0.414. The molecule has 3 aromatic rings. The van der Waals surface area contributed by atoms with Gasteiger partial charge < -0.3 is 14.2 Å². The zero-order chi connectivity index (χ0) is 18.4. The van der Waals surface area contributed by atoms with Crippen LogP contribution in [0.4, 0.5) is 4.39 Å². The van der Waals surface area contributed by atoms with Crippen molar-refractivity contribution >= 4 is 17.2 Å². The van der Waals surface area contributed by atoms with E-state index in [0.29, 0.717) is 26.2 Å². The molecule has 1 amide bonds. The Balaban J connectivity index is 1.41. The summed E-state index contributed by atoms with van der Waals surface area (Å²) in [4.78, 5) is 19.8. The monoisotopic (exact) mass is 383 g/mol. The first-order valence-electron chi connectivity index (χ1n) is 8.91. The van der Waals surface area contributed by atoms with E-state index in [9.17, 15) is 9.18 Å². The third-order valence-corrected chi connectivity index (χ3v) is 6.21. The molecule has 0 bridgehead atoms. The summed E-state index contributed by atoms with van der Waals surface area (Å²) in [5, 5.41) is 1.92. The lowest BCUT2D eigenvalue weighted by Crippen LogP contribution is -2.45. The number of likely N-dealkylation sites (tertiary alicyclic amines) is 1. The van der Waals surface area contributed by atoms with Crippen molar-refractivity contribution in [2.24, 2.45) is 0 Å². The fraction of sp³-hybridized carbons (Fsp3) is 0.300. The molecule has 2 aliphatic heterocycles. The van der Waals surface area contributed by atoms with Crippen LogP contribution in [0, 0.1) is 5.82 Å². The third kappa shape index (κ3) is 2.87. The van der Waals surface area contributed by atoms with Crippen molar-refractivity contribution in [2.45, 2.75) is 25.2 Å². The number of thiophene rings is 1. The quantitative estimate of drug-likeness (QED) is 0.680. The average molecular weight is 383 g/mol. The van der Waals surface area contributed by atoms with E-state index in [1.807, 2.05) is 28.5 Å². The molecule has 138 valence electrons. The first-order valence-corrected chi connectivity index (χ1v) is 9.79. The van der Waals surface area contributed by atoms with Gasteiger partial charge in [-0.2, -0.15) is 0 Å². The topological polar surface area (TPSA) is 47.4 Å². The number of carbonyl (C=O) groups excluding carboxylic acids is 1. The molecule has 1 fully saturated rings. The summed E-state index contributed by atoms with van der Waals surface area (Å²) in [5.41, 5.74) is 1.27. The molecule has 0 radical (unpaired) electrons. The Labute approximate surface area is 160 Å². The van der Waals surface area contributed by atoms with Crippen molar-refractivity contribution in [3.05, 3.63) is 64.5 Å². The number of benzene rings is 1. The molecular weight excluding hydrogens is 365 g/mol. The van der Waals surface area contributed by atoms with Gasteiger partial charge in [0, 0.05) is 12.1 Å². The highest BCUT2D eigenvalue weighted by Crippen LogP contribution is 2.36. The predicted molar refractivity (Wildman–Crippen MR) is 100.0 cm³/mol. The Morgan fingerprint density at radius 3 is 3.00 bits per heavy atom. The highest BCUT2D eigenvalue weighted by molar-refractivity contribution is 7.12. The van der Waals surface area contributed by atoms with Crippen molar-refractivity contribution in [3.8, 4) is 11.3 Å². The highest BCUT2D eigenvalue weighted by atomic mass is 32.1. The summed E-state index contributed by atoms with van der Waals surface area (Å²) in [6.07, 6.45) is 2.56. The van der Waals surface area contributed by atoms with Crippen molar-refractivity contribution in [1.82, 2.24) is 14.5 Å². The number of imidazole rings is 1. The van der Waals surface area contributed by atoms with Gasteiger partial charge in [0.05, 0.1) is 29.9 Å². The first-order chi connectivity index (χ1) is 13.1. The number of nitrogens with zero attached hydrogens (tertiary/aromatic N) is 3. The Bertz CT molecular complexity index is 1000. The second-order valence-corrected chi connectivity index (χ2v) is 8.03. The smallest absolute Gasteiger partial charge is 0.264 e. The van der Waals surface area contributed by atoms with Gasteiger partial charge in [-0.15, -0.1) is 11.3 Å². The first kappa shape index (κ1) is 16.6. The summed E-state index contributed by atoms with van der Waals surface area (Å²) < 4.78 is 21.9. The van der Waals surface area contributed by atoms with Crippen molar-refractivity contribution in [3.63, 3.8) is 0 Å². The van der Waals surface area contributed by atoms with E-state index in [1.54, 1.807) is 12.3 Å². The molecule has 2 aliphatic rings. The lowest BCUT2D eigenvalue weighted by molar-refractivity contribution is -0.0804. The minimum Gasteiger partial charge on any atom is -0.363 e. The maximum Gasteiger partial charge on any atom is 0.264 e. The van der Waals surface area contributed by atoms with E-state index in [2.05, 4.69) is 9.55 Å². The average Bonchev–Trinajstić information content (AvgIpc) is 3.41. The normalized spacial score (nSPS) is 21.6. The molecule has 27 heavy (non-hydrogen) atoms. The zero-order valence-corrected chi connectivity index (χ0v) is 15.4. The number of halogens is 1. The fourth-order valence-electron chi connectivity index (χ4n) is 3.96. The number of fused-ring (bicyclic) bond motifs is 1. The molecule has 5 rings (SSSR count). The summed E-state index contributed by atoms with van der Waals surface area (Å²) in [7, 11) is 0. The van der Waals surface area contributed by atoms with Crippen LogP contribution >= 0.6 is 11.3 Å². The third-order valence-electron chi connectivity index (χ3n) is 5.35. The molecule has 0 aliphatic carbocycles. The van der Waals surface area contributed by atoms with E-state index in [0.717, 1.165) is 28.4 Å². The maximum absolute atomic E-state index is 13.7. The molecule has 0 saturated carbocycles. The number of hydrogen-bond donors (Lipinski definition) is 0. The van der Waals surface area contributed by atoms with Gasteiger partial charge in [0.15, 0.2) is 0 Å². The van der Waals surface area contributed by atoms with E-state index >= 15 is 0 Å². The standard InChI is InChI=1S/C20H18FN3O2S/c21-15-4-1-3-14(9-15)16-10-22-18-11-26-20(13-24(16)18)6-7-23(12-20)19(25)17-5-2-8-27-17/h1-5,8-10H,6-7,11-13H2/t20-/m0/s1. The number of amides is 1. The largest absolute Gasteiger partial charge is 0.363 e. The molecule has 1 atom stereocenters. The van der Waals surface area contributed by atoms with Gasteiger partial charge in [0.1, 0.15) is 23.8 Å². The molecule has 1 aromatic carbocycles. The second-order valence-electron chi connectivity index (χ2n) is 7.08. The Kier molecular flexibility index (Phi) is 3.87. The van der Waals surface area contributed by atoms with Gasteiger partial charge >= 0.3 is 0 Å². The molecule has 1 saturated heterocycles. The molecule has 4 heterocycles. The van der Waals surface area contributed by atoms with Gasteiger partial charge in [-0.05, 0) is 30.0 Å². The van der Waals surface area contributed by atoms with Gasteiger partial charge in [-0.1, -0.05) is 18.2 Å². The summed E-state index contributed by atoms with van der Waals surface area (Å²) >= 11 is 1.46. The SMILES string of the molecule is O=C(c1cccs1)N1CC[C@]2(C1)Cn1c(-c3cccc(F)c3)cnc1CO2. The van der Waals surface area contributed by atoms with Crippen LogP contribution in [0.3, 0.4) is 0 Å². The molecule has 1 spiro atoms. The van der Waals surface area contributed by atoms with Crippen LogP contribution in [0.25, 0.3) is 11.3 Å². The lowest BCUT2D eigenvalue weighted by Gasteiger charge is -2.35. The Morgan fingerprint density at radius 2 is 2.19 bits per heavy atom. The van der Waals surface area contributed by atoms with E-state index in [-0.39, 0.29) is 11.7 Å². The van der Waals surface area contributed by atoms with Crippen molar-refractivity contribution < 1.29 is 13.9 Å². The second kappa shape index (κ2) is 6.28. The van der Waals surface area contributed by atoms with Crippen LogP contribution < -0.4 is 0 Å². The molecule has 5 nitrogen and oxygen atoms in total. The lowest BCUT2D eigenvalue weighted by atomic mass is 10.0. The van der Waals surface area contributed by atoms with E-state index in [4.69, 9.17) is 4.74 Å². The summed E-state index contributed by atoms with van der Waals surface area (Å²) in [5.74, 6) is 0.633. The minimum absolute atomic E-state index is 0.0623. The maximum atomic E-state index is 13.7. The van der Waals surface area contributed by atoms with Gasteiger partial charge in [-0.3, -0.25) is 4.79 Å². The highest BCUT2D eigenvalue weighted by Gasteiger charge is 2.44. The van der Waals surface area contributed by atoms with Crippen LogP contribution in [0.1, 0.15) is 21.9 Å². The van der Waals surface area contributed by atoms with Crippen LogP contribution in [0.5, 0.6) is 0 Å². The van der Waals surface area contributed by atoms with E-state index in [1.165, 1.54) is 23.5 Å². The van der Waals surface area contributed by atoms with Crippen molar-refractivity contribution in [1.29, 1.82) is 0 Å². The molecule has 2 aromatic heterocycles. The van der Waals surface area contributed by atoms with Gasteiger partial charge in [0.25, 0.3) is 5.91 Å². The van der Waals surface area contributed by atoms with Crippen LogP contribution in [0.15, 0.2) is 48.0 Å². The van der Waals surface area contributed by atoms with Gasteiger partial charge in [0.2, 0.25) is 0 Å². The summed E-state index contributed by atoms with van der Waals surface area (Å²) in [6, 6.07) is 10.3. The van der Waals surface area contributed by atoms with Crippen LogP contribution in [0.2, 0.25) is 0 Å². The fourth-order valence-corrected chi connectivity index (χ4v) is 4.65. The molecule has 0 unspecified atom stereocenters. The number of hydrogen-bond acceptors (Lipinski definition) is 4. The molecular formula is C20H18FN3O2S. The number of aromatic nitrogens is 2. The Hall–Kier alpha value is -2.51. The zero-order valence-electron chi connectivity index (χ0n) is 14.6. The number of carbonyl (C=O) groups is 1. The predicted octanol–water partition coefficient (Wildman–Crippen LogP) is 3.57. The summed E-state index contributed by atoms with van der Waals surface area (Å²) in [6.45, 7) is 2.25. The van der Waals surface area contributed by atoms with Crippen LogP contribution in [-0.2, 0) is 17.9 Å². The van der Waals surface area contributed by atoms with Crippen molar-refractivity contribution in [2.75, 3.05) is 13.1 Å². The molecule has 7 heteroatoms. The number of ether oxygens (including phenoxy) is 1. The Morgan fingerprint density at radius 1 is 1.26 bits per heavy atom. The number of rotatable bonds is 2.